The molecule has 0 saturated carbocycles. The second kappa shape index (κ2) is 5.78. The molecule has 0 fully saturated rings. The zero-order valence-electron chi connectivity index (χ0n) is 7.10. The van der Waals surface area contributed by atoms with Crippen LogP contribution in [-0.4, -0.2) is 13.9 Å². The number of nitrogen functional groups attached to an aromatic ring is 1. The van der Waals surface area contributed by atoms with Gasteiger partial charge in [0.1, 0.15) is 0 Å². The monoisotopic (exact) mass is 241 g/mol. The smallest absolute Gasteiger partial charge is 0.238 e. The summed E-state index contributed by atoms with van der Waals surface area (Å²) in [5.41, 5.74) is 3.00. The average Bonchev–Trinajstić information content (AvgIpc) is 2.03. The van der Waals surface area contributed by atoms with Crippen LogP contribution >= 0.6 is 12.4 Å². The van der Waals surface area contributed by atoms with Crippen molar-refractivity contribution in [2.45, 2.75) is 4.90 Å². The molecule has 0 aliphatic heterocycles. The number of benzene rings is 1. The molecule has 1 aromatic carbocycles. The lowest BCUT2D eigenvalue weighted by atomic mass is 10.3. The summed E-state index contributed by atoms with van der Waals surface area (Å²) in [4.78, 5) is 0.0708. The standard InChI is InChI=1S/C6H9N3O2S.ClH.H2O/c7-9-5-1-3-6(4-2-5)12(8,10)11;;/h1-4,9H,7H2,(H2,8,10,11);1H;1H2. The highest BCUT2D eigenvalue weighted by Crippen LogP contribution is 2.10. The lowest BCUT2D eigenvalue weighted by molar-refractivity contribution is 0.598. The van der Waals surface area contributed by atoms with E-state index in [-0.39, 0.29) is 22.8 Å². The van der Waals surface area contributed by atoms with Crippen molar-refractivity contribution < 1.29 is 13.9 Å². The van der Waals surface area contributed by atoms with Crippen LogP contribution in [0.4, 0.5) is 5.69 Å². The normalized spacial score (nSPS) is 9.57. The number of anilines is 1. The first-order valence-corrected chi connectivity index (χ1v) is 4.68. The van der Waals surface area contributed by atoms with Crippen LogP contribution in [-0.2, 0) is 10.0 Å². The van der Waals surface area contributed by atoms with E-state index in [4.69, 9.17) is 11.0 Å². The van der Waals surface area contributed by atoms with Crippen LogP contribution < -0.4 is 16.4 Å². The van der Waals surface area contributed by atoms with E-state index in [1.165, 1.54) is 24.3 Å². The highest BCUT2D eigenvalue weighted by molar-refractivity contribution is 7.89. The summed E-state index contributed by atoms with van der Waals surface area (Å²) in [6, 6.07) is 5.81. The molecular weight excluding hydrogens is 230 g/mol. The van der Waals surface area contributed by atoms with Crippen LogP contribution in [0.25, 0.3) is 0 Å². The lowest BCUT2D eigenvalue weighted by Gasteiger charge is -2.00. The minimum atomic E-state index is -3.60. The summed E-state index contributed by atoms with van der Waals surface area (Å²) < 4.78 is 21.5. The number of nitrogens with one attached hydrogen (secondary N) is 1. The second-order valence-corrected chi connectivity index (χ2v) is 3.78. The van der Waals surface area contributed by atoms with Gasteiger partial charge in [-0.3, -0.25) is 5.84 Å². The van der Waals surface area contributed by atoms with Crippen molar-refractivity contribution in [1.29, 1.82) is 0 Å². The highest BCUT2D eigenvalue weighted by Gasteiger charge is 2.05. The molecule has 0 saturated heterocycles. The molecule has 0 atom stereocenters. The fourth-order valence-corrected chi connectivity index (χ4v) is 1.26. The highest BCUT2D eigenvalue weighted by atomic mass is 35.5. The Kier molecular flexibility index (Phi) is 6.45. The molecule has 0 radical (unpaired) electrons. The predicted molar refractivity (Wildman–Crippen MR) is 56.5 cm³/mol. The Balaban J connectivity index is 0. The van der Waals surface area contributed by atoms with Gasteiger partial charge in [-0.05, 0) is 24.3 Å². The lowest BCUT2D eigenvalue weighted by Crippen LogP contribution is -2.12. The van der Waals surface area contributed by atoms with E-state index in [1.54, 1.807) is 0 Å². The molecule has 6 nitrogen and oxygen atoms in total. The van der Waals surface area contributed by atoms with Crippen molar-refractivity contribution in [3.63, 3.8) is 0 Å². The summed E-state index contributed by atoms with van der Waals surface area (Å²) in [7, 11) is -3.60. The molecule has 0 amide bonds. The van der Waals surface area contributed by atoms with E-state index in [9.17, 15) is 8.42 Å². The minimum Gasteiger partial charge on any atom is -0.412 e. The summed E-state index contributed by atoms with van der Waals surface area (Å²) in [5.74, 6) is 5.08. The number of primary sulfonamides is 1. The van der Waals surface area contributed by atoms with Gasteiger partial charge in [-0.2, -0.15) is 0 Å². The van der Waals surface area contributed by atoms with Crippen molar-refractivity contribution in [3.05, 3.63) is 24.3 Å². The largest absolute Gasteiger partial charge is 0.412 e. The van der Waals surface area contributed by atoms with Crippen molar-refractivity contribution in [1.82, 2.24) is 0 Å². The van der Waals surface area contributed by atoms with Crippen LogP contribution in [0.1, 0.15) is 0 Å². The van der Waals surface area contributed by atoms with Crippen LogP contribution in [0.2, 0.25) is 0 Å². The molecule has 0 aliphatic rings. The van der Waals surface area contributed by atoms with E-state index >= 15 is 0 Å². The molecule has 0 aromatic heterocycles. The van der Waals surface area contributed by atoms with Crippen LogP contribution in [0.5, 0.6) is 0 Å². The van der Waals surface area contributed by atoms with Crippen LogP contribution in [0.3, 0.4) is 0 Å². The number of rotatable bonds is 2. The first-order valence-electron chi connectivity index (χ1n) is 3.13. The Morgan fingerprint density at radius 2 is 1.57 bits per heavy atom. The van der Waals surface area contributed by atoms with Gasteiger partial charge in [-0.1, -0.05) is 0 Å². The maximum absolute atomic E-state index is 10.8. The molecule has 14 heavy (non-hydrogen) atoms. The predicted octanol–water partition coefficient (Wildman–Crippen LogP) is -0.783. The Labute approximate surface area is 88.0 Å². The first-order chi connectivity index (χ1) is 5.54. The molecule has 0 bridgehead atoms. The van der Waals surface area contributed by atoms with E-state index < -0.39 is 10.0 Å². The van der Waals surface area contributed by atoms with E-state index in [1.807, 2.05) is 0 Å². The average molecular weight is 242 g/mol. The Bertz CT molecular complexity index is 364. The van der Waals surface area contributed by atoms with E-state index in [0.29, 0.717) is 5.69 Å². The zero-order valence-corrected chi connectivity index (χ0v) is 8.73. The van der Waals surface area contributed by atoms with E-state index in [2.05, 4.69) is 5.43 Å². The van der Waals surface area contributed by atoms with Crippen molar-refractivity contribution in [3.8, 4) is 0 Å². The third kappa shape index (κ3) is 3.90. The molecule has 0 aliphatic carbocycles. The first kappa shape index (κ1) is 15.6. The van der Waals surface area contributed by atoms with Gasteiger partial charge in [-0.15, -0.1) is 12.4 Å². The summed E-state index contributed by atoms with van der Waals surface area (Å²) in [6.45, 7) is 0. The van der Waals surface area contributed by atoms with Gasteiger partial charge in [0.15, 0.2) is 0 Å². The van der Waals surface area contributed by atoms with Gasteiger partial charge in [-0.25, -0.2) is 13.6 Å². The molecular formula is C6H12ClN3O3S. The maximum Gasteiger partial charge on any atom is 0.238 e. The molecule has 82 valence electrons. The van der Waals surface area contributed by atoms with Gasteiger partial charge in [0.05, 0.1) is 4.90 Å². The van der Waals surface area contributed by atoms with Crippen molar-refractivity contribution >= 4 is 28.1 Å². The summed E-state index contributed by atoms with van der Waals surface area (Å²) in [6.07, 6.45) is 0. The molecule has 0 heterocycles. The number of hydrazine groups is 1. The number of halogens is 1. The fourth-order valence-electron chi connectivity index (χ4n) is 0.741. The molecule has 0 spiro atoms. The van der Waals surface area contributed by atoms with Gasteiger partial charge >= 0.3 is 0 Å². The van der Waals surface area contributed by atoms with Gasteiger partial charge < -0.3 is 10.9 Å². The molecule has 7 N–H and O–H groups in total. The summed E-state index contributed by atoms with van der Waals surface area (Å²) >= 11 is 0. The van der Waals surface area contributed by atoms with Crippen molar-refractivity contribution in [2.24, 2.45) is 11.0 Å². The minimum absolute atomic E-state index is 0. The maximum atomic E-state index is 10.8. The topological polar surface area (TPSA) is 130 Å². The van der Waals surface area contributed by atoms with Gasteiger partial charge in [0.2, 0.25) is 10.0 Å². The Hall–Kier alpha value is -0.860. The summed E-state index contributed by atoms with van der Waals surface area (Å²) in [5, 5.41) is 4.87. The third-order valence-corrected chi connectivity index (χ3v) is 2.28. The quantitative estimate of drug-likeness (QED) is 0.463. The fraction of sp³-hybridized carbons (Fsp3) is 0. The number of hydrogen-bond acceptors (Lipinski definition) is 4. The molecule has 8 heteroatoms. The van der Waals surface area contributed by atoms with Gasteiger partial charge in [0.25, 0.3) is 0 Å². The Morgan fingerprint density at radius 3 is 1.86 bits per heavy atom. The Morgan fingerprint density at radius 1 is 1.14 bits per heavy atom. The van der Waals surface area contributed by atoms with Crippen LogP contribution in [0.15, 0.2) is 29.2 Å². The van der Waals surface area contributed by atoms with E-state index in [0.717, 1.165) is 0 Å². The van der Waals surface area contributed by atoms with Gasteiger partial charge in [0, 0.05) is 5.69 Å². The van der Waals surface area contributed by atoms with Crippen molar-refractivity contribution in [2.75, 3.05) is 5.43 Å². The third-order valence-electron chi connectivity index (χ3n) is 1.35. The SMILES string of the molecule is Cl.NNc1ccc(S(N)(=O)=O)cc1.O. The van der Waals surface area contributed by atoms with Crippen LogP contribution in [0, 0.1) is 0 Å². The number of sulfonamides is 1. The molecule has 1 aromatic rings. The zero-order chi connectivity index (χ0) is 9.19. The molecule has 0 unspecified atom stereocenters. The number of hydrogen-bond donors (Lipinski definition) is 3. The second-order valence-electron chi connectivity index (χ2n) is 2.21. The number of nitrogens with two attached hydrogens (primary N) is 2. The molecule has 1 rings (SSSR count).